The highest BCUT2D eigenvalue weighted by atomic mass is 79.9. The van der Waals surface area contributed by atoms with Crippen molar-refractivity contribution in [1.82, 2.24) is 9.97 Å². The third-order valence-electron chi connectivity index (χ3n) is 3.59. The number of benzene rings is 2. The van der Waals surface area contributed by atoms with E-state index < -0.39 is 0 Å². The Labute approximate surface area is 159 Å². The third kappa shape index (κ3) is 4.67. The number of para-hydroxylation sites is 1. The lowest BCUT2D eigenvalue weighted by Gasteiger charge is -2.08. The summed E-state index contributed by atoms with van der Waals surface area (Å²) in [4.78, 5) is 21.2. The molecule has 0 fully saturated rings. The molecule has 126 valence electrons. The summed E-state index contributed by atoms with van der Waals surface area (Å²) >= 11 is 4.87. The van der Waals surface area contributed by atoms with Gasteiger partial charge in [-0.15, -0.1) is 0 Å². The zero-order valence-corrected chi connectivity index (χ0v) is 16.0. The smallest absolute Gasteiger partial charge is 0.275 e. The summed E-state index contributed by atoms with van der Waals surface area (Å²) in [6.45, 7) is 2.08. The van der Waals surface area contributed by atoms with Crippen LogP contribution in [0.15, 0.2) is 70.4 Å². The number of aryl methyl sites for hydroxylation is 1. The van der Waals surface area contributed by atoms with Gasteiger partial charge in [0, 0.05) is 17.6 Å². The molecule has 1 heterocycles. The summed E-state index contributed by atoms with van der Waals surface area (Å²) < 4.78 is 0.571. The Morgan fingerprint density at radius 2 is 1.84 bits per heavy atom. The molecular weight excluding hydrogens is 398 g/mol. The summed E-state index contributed by atoms with van der Waals surface area (Å²) in [5.41, 5.74) is 3.52. The van der Waals surface area contributed by atoms with Crippen molar-refractivity contribution in [3.8, 4) is 0 Å². The SMILES string of the molecule is Cc1ccccc1CSc1ncc(Br)c(C(=O)Nc2ccccc2)n1. The molecule has 1 aromatic heterocycles. The molecule has 0 spiro atoms. The number of nitrogens with zero attached hydrogens (tertiary/aromatic N) is 2. The number of amides is 1. The van der Waals surface area contributed by atoms with Gasteiger partial charge in [-0.1, -0.05) is 54.2 Å². The summed E-state index contributed by atoms with van der Waals surface area (Å²) in [5, 5.41) is 3.41. The van der Waals surface area contributed by atoms with Crippen LogP contribution in [-0.2, 0) is 5.75 Å². The van der Waals surface area contributed by atoms with Gasteiger partial charge in [0.1, 0.15) is 5.69 Å². The van der Waals surface area contributed by atoms with Crippen molar-refractivity contribution < 1.29 is 4.79 Å². The predicted octanol–water partition coefficient (Wildman–Crippen LogP) is 5.09. The first kappa shape index (κ1) is 17.6. The van der Waals surface area contributed by atoms with Crippen molar-refractivity contribution in [3.05, 3.63) is 82.1 Å². The Kier molecular flexibility index (Phi) is 5.83. The monoisotopic (exact) mass is 413 g/mol. The first-order chi connectivity index (χ1) is 12.1. The molecule has 1 amide bonds. The van der Waals surface area contributed by atoms with Gasteiger partial charge in [0.15, 0.2) is 5.16 Å². The number of halogens is 1. The average molecular weight is 414 g/mol. The second kappa shape index (κ2) is 8.27. The standard InChI is InChI=1S/C19H16BrN3OS/c1-13-7-5-6-8-14(13)12-25-19-21-11-16(20)17(23-19)18(24)22-15-9-3-2-4-10-15/h2-11H,12H2,1H3,(H,22,24). The molecule has 0 aliphatic carbocycles. The largest absolute Gasteiger partial charge is 0.321 e. The minimum Gasteiger partial charge on any atom is -0.321 e. The lowest BCUT2D eigenvalue weighted by molar-refractivity contribution is 0.102. The van der Waals surface area contributed by atoms with Crippen molar-refractivity contribution >= 4 is 39.3 Å². The highest BCUT2D eigenvalue weighted by molar-refractivity contribution is 9.10. The summed E-state index contributed by atoms with van der Waals surface area (Å²) in [6.07, 6.45) is 1.62. The van der Waals surface area contributed by atoms with E-state index in [9.17, 15) is 4.79 Å². The number of thioether (sulfide) groups is 1. The van der Waals surface area contributed by atoms with Gasteiger partial charge in [-0.05, 0) is 46.1 Å². The molecule has 4 nitrogen and oxygen atoms in total. The van der Waals surface area contributed by atoms with Crippen molar-refractivity contribution in [2.75, 3.05) is 5.32 Å². The molecular formula is C19H16BrN3OS. The van der Waals surface area contributed by atoms with Crippen LogP contribution in [0.2, 0.25) is 0 Å². The summed E-state index contributed by atoms with van der Waals surface area (Å²) in [6, 6.07) is 17.5. The van der Waals surface area contributed by atoms with Gasteiger partial charge < -0.3 is 5.32 Å². The maximum absolute atomic E-state index is 12.5. The molecule has 1 N–H and O–H groups in total. The number of aromatic nitrogens is 2. The lowest BCUT2D eigenvalue weighted by atomic mass is 10.1. The Morgan fingerprint density at radius 1 is 1.12 bits per heavy atom. The van der Waals surface area contributed by atoms with Crippen molar-refractivity contribution in [2.45, 2.75) is 17.8 Å². The Balaban J connectivity index is 1.74. The van der Waals surface area contributed by atoms with Gasteiger partial charge in [0.05, 0.1) is 4.47 Å². The van der Waals surface area contributed by atoms with E-state index in [1.807, 2.05) is 42.5 Å². The van der Waals surface area contributed by atoms with Crippen LogP contribution >= 0.6 is 27.7 Å². The number of carbonyl (C=O) groups is 1. The number of hydrogen-bond acceptors (Lipinski definition) is 4. The molecule has 0 atom stereocenters. The summed E-state index contributed by atoms with van der Waals surface area (Å²) in [7, 11) is 0. The molecule has 0 aliphatic heterocycles. The van der Waals surface area contributed by atoms with Crippen molar-refractivity contribution in [3.63, 3.8) is 0 Å². The number of anilines is 1. The quantitative estimate of drug-likeness (QED) is 0.467. The fraction of sp³-hybridized carbons (Fsp3) is 0.105. The molecule has 3 rings (SSSR count). The minimum atomic E-state index is -0.266. The summed E-state index contributed by atoms with van der Waals surface area (Å²) in [5.74, 6) is 0.492. The van der Waals surface area contributed by atoms with Gasteiger partial charge in [-0.2, -0.15) is 0 Å². The van der Waals surface area contributed by atoms with Crippen LogP contribution in [0.4, 0.5) is 5.69 Å². The van der Waals surface area contributed by atoms with Crippen LogP contribution in [0, 0.1) is 6.92 Å². The van der Waals surface area contributed by atoms with Crippen LogP contribution < -0.4 is 5.32 Å². The zero-order chi connectivity index (χ0) is 17.6. The molecule has 0 unspecified atom stereocenters. The topological polar surface area (TPSA) is 54.9 Å². The second-order valence-corrected chi connectivity index (χ2v) is 7.18. The Bertz CT molecular complexity index is 887. The first-order valence-electron chi connectivity index (χ1n) is 7.70. The molecule has 0 bridgehead atoms. The van der Waals surface area contributed by atoms with Crippen LogP contribution in [-0.4, -0.2) is 15.9 Å². The van der Waals surface area contributed by atoms with E-state index >= 15 is 0 Å². The van der Waals surface area contributed by atoms with E-state index in [4.69, 9.17) is 0 Å². The Hall–Kier alpha value is -2.18. The van der Waals surface area contributed by atoms with Crippen molar-refractivity contribution in [2.24, 2.45) is 0 Å². The highest BCUT2D eigenvalue weighted by Crippen LogP contribution is 2.24. The average Bonchev–Trinajstić information content (AvgIpc) is 2.63. The number of hydrogen-bond donors (Lipinski definition) is 1. The molecule has 6 heteroatoms. The number of rotatable bonds is 5. The van der Waals surface area contributed by atoms with E-state index in [1.165, 1.54) is 22.9 Å². The molecule has 25 heavy (non-hydrogen) atoms. The maximum Gasteiger partial charge on any atom is 0.275 e. The van der Waals surface area contributed by atoms with Crippen LogP contribution in [0.1, 0.15) is 21.6 Å². The van der Waals surface area contributed by atoms with Gasteiger partial charge in [-0.25, -0.2) is 9.97 Å². The van der Waals surface area contributed by atoms with Gasteiger partial charge in [-0.3, -0.25) is 4.79 Å². The van der Waals surface area contributed by atoms with Crippen LogP contribution in [0.3, 0.4) is 0 Å². The molecule has 2 aromatic carbocycles. The predicted molar refractivity (Wildman–Crippen MR) is 105 cm³/mol. The minimum absolute atomic E-state index is 0.266. The second-order valence-electron chi connectivity index (χ2n) is 5.38. The molecule has 0 saturated heterocycles. The molecule has 0 aliphatic rings. The van der Waals surface area contributed by atoms with E-state index in [1.54, 1.807) is 6.20 Å². The lowest BCUT2D eigenvalue weighted by Crippen LogP contribution is -2.15. The van der Waals surface area contributed by atoms with E-state index in [0.717, 1.165) is 11.4 Å². The maximum atomic E-state index is 12.5. The number of nitrogens with one attached hydrogen (secondary N) is 1. The van der Waals surface area contributed by atoms with E-state index in [0.29, 0.717) is 15.3 Å². The van der Waals surface area contributed by atoms with Gasteiger partial charge >= 0.3 is 0 Å². The fourth-order valence-electron chi connectivity index (χ4n) is 2.21. The van der Waals surface area contributed by atoms with E-state index in [2.05, 4.69) is 50.3 Å². The molecule has 0 saturated carbocycles. The molecule has 3 aromatic rings. The van der Waals surface area contributed by atoms with E-state index in [-0.39, 0.29) is 5.91 Å². The fourth-order valence-corrected chi connectivity index (χ4v) is 3.47. The molecule has 0 radical (unpaired) electrons. The third-order valence-corrected chi connectivity index (χ3v) is 5.08. The van der Waals surface area contributed by atoms with Crippen LogP contribution in [0.25, 0.3) is 0 Å². The zero-order valence-electron chi connectivity index (χ0n) is 13.6. The van der Waals surface area contributed by atoms with Gasteiger partial charge in [0.25, 0.3) is 5.91 Å². The highest BCUT2D eigenvalue weighted by Gasteiger charge is 2.14. The Morgan fingerprint density at radius 3 is 2.60 bits per heavy atom. The van der Waals surface area contributed by atoms with Crippen LogP contribution in [0.5, 0.6) is 0 Å². The van der Waals surface area contributed by atoms with Gasteiger partial charge in [0.2, 0.25) is 0 Å². The first-order valence-corrected chi connectivity index (χ1v) is 9.47. The van der Waals surface area contributed by atoms with Crippen molar-refractivity contribution in [1.29, 1.82) is 0 Å². The normalized spacial score (nSPS) is 10.5. The number of carbonyl (C=O) groups excluding carboxylic acids is 1.